The Labute approximate surface area is 101 Å². The van der Waals surface area contributed by atoms with Crippen molar-refractivity contribution < 1.29 is 14.9 Å². The average Bonchev–Trinajstić information content (AvgIpc) is 2.28. The second-order valence-electron chi connectivity index (χ2n) is 3.63. The highest BCUT2D eigenvalue weighted by Crippen LogP contribution is 2.25. The highest BCUT2D eigenvalue weighted by atomic mass is 16.5. The van der Waals surface area contributed by atoms with Crippen molar-refractivity contribution in [2.24, 2.45) is 0 Å². The standard InChI is InChI=1S/C12H20N2O3/c1-2-17-12-8-10(13)7-11(9-12)14(3-5-15)4-6-16/h7-9,15-16H,2-6,13H2,1H3. The molecule has 0 aliphatic carbocycles. The van der Waals surface area contributed by atoms with Crippen molar-refractivity contribution in [3.05, 3.63) is 18.2 Å². The summed E-state index contributed by atoms with van der Waals surface area (Å²) in [5, 5.41) is 18.0. The van der Waals surface area contributed by atoms with Gasteiger partial charge in [0.15, 0.2) is 0 Å². The first-order valence-electron chi connectivity index (χ1n) is 5.71. The lowest BCUT2D eigenvalue weighted by atomic mass is 10.2. The Morgan fingerprint density at radius 2 is 1.82 bits per heavy atom. The molecule has 0 saturated heterocycles. The van der Waals surface area contributed by atoms with Gasteiger partial charge in [0.05, 0.1) is 19.8 Å². The Hall–Kier alpha value is -1.46. The Morgan fingerprint density at radius 3 is 2.35 bits per heavy atom. The summed E-state index contributed by atoms with van der Waals surface area (Å²) in [7, 11) is 0. The van der Waals surface area contributed by atoms with Gasteiger partial charge >= 0.3 is 0 Å². The van der Waals surface area contributed by atoms with Gasteiger partial charge in [-0.3, -0.25) is 0 Å². The van der Waals surface area contributed by atoms with Gasteiger partial charge in [-0.05, 0) is 13.0 Å². The van der Waals surface area contributed by atoms with Crippen molar-refractivity contribution in [3.8, 4) is 5.75 Å². The van der Waals surface area contributed by atoms with Crippen molar-refractivity contribution in [1.82, 2.24) is 0 Å². The van der Waals surface area contributed by atoms with Crippen LogP contribution in [0, 0.1) is 0 Å². The number of anilines is 2. The number of nitrogen functional groups attached to an aromatic ring is 1. The van der Waals surface area contributed by atoms with E-state index in [2.05, 4.69) is 0 Å². The molecule has 0 aliphatic rings. The number of nitrogens with two attached hydrogens (primary N) is 1. The van der Waals surface area contributed by atoms with E-state index < -0.39 is 0 Å². The maximum Gasteiger partial charge on any atom is 0.123 e. The molecule has 5 heteroatoms. The van der Waals surface area contributed by atoms with Crippen LogP contribution in [0.4, 0.5) is 11.4 Å². The van der Waals surface area contributed by atoms with Crippen LogP contribution in [0.5, 0.6) is 5.75 Å². The van der Waals surface area contributed by atoms with Crippen LogP contribution in [-0.4, -0.2) is 43.1 Å². The van der Waals surface area contributed by atoms with Gasteiger partial charge in [-0.2, -0.15) is 0 Å². The largest absolute Gasteiger partial charge is 0.494 e. The van der Waals surface area contributed by atoms with Crippen LogP contribution in [0.2, 0.25) is 0 Å². The lowest BCUT2D eigenvalue weighted by molar-refractivity contribution is 0.281. The van der Waals surface area contributed by atoms with Gasteiger partial charge < -0.3 is 25.6 Å². The molecule has 0 spiro atoms. The zero-order valence-corrected chi connectivity index (χ0v) is 10.1. The number of nitrogens with zero attached hydrogens (tertiary/aromatic N) is 1. The molecule has 0 fully saturated rings. The molecule has 0 radical (unpaired) electrons. The summed E-state index contributed by atoms with van der Waals surface area (Å²) in [6.07, 6.45) is 0. The Balaban J connectivity index is 2.92. The molecule has 4 N–H and O–H groups in total. The van der Waals surface area contributed by atoms with Gasteiger partial charge in [0.2, 0.25) is 0 Å². The zero-order valence-electron chi connectivity index (χ0n) is 10.1. The minimum atomic E-state index is 0.0266. The molecule has 5 nitrogen and oxygen atoms in total. The number of ether oxygens (including phenoxy) is 1. The third-order valence-electron chi connectivity index (χ3n) is 2.33. The summed E-state index contributed by atoms with van der Waals surface area (Å²) < 4.78 is 5.40. The monoisotopic (exact) mass is 240 g/mol. The third kappa shape index (κ3) is 4.13. The minimum Gasteiger partial charge on any atom is -0.494 e. The summed E-state index contributed by atoms with van der Waals surface area (Å²) in [6.45, 7) is 3.44. The number of aliphatic hydroxyl groups is 2. The van der Waals surface area contributed by atoms with Crippen LogP contribution in [0.3, 0.4) is 0 Å². The number of aliphatic hydroxyl groups excluding tert-OH is 2. The summed E-state index contributed by atoms with van der Waals surface area (Å²) in [5.74, 6) is 0.698. The maximum absolute atomic E-state index is 8.98. The molecule has 17 heavy (non-hydrogen) atoms. The maximum atomic E-state index is 8.98. The van der Waals surface area contributed by atoms with Gasteiger partial charge in [-0.25, -0.2) is 0 Å². The van der Waals surface area contributed by atoms with Gasteiger partial charge in [-0.1, -0.05) is 0 Å². The highest BCUT2D eigenvalue weighted by molar-refractivity contribution is 5.60. The van der Waals surface area contributed by atoms with E-state index in [1.807, 2.05) is 17.9 Å². The molecule has 0 unspecified atom stereocenters. The molecule has 96 valence electrons. The van der Waals surface area contributed by atoms with Crippen LogP contribution < -0.4 is 15.4 Å². The quantitative estimate of drug-likeness (QED) is 0.603. The van der Waals surface area contributed by atoms with Crippen molar-refractivity contribution >= 4 is 11.4 Å². The van der Waals surface area contributed by atoms with E-state index in [4.69, 9.17) is 20.7 Å². The molecule has 0 atom stereocenters. The Morgan fingerprint density at radius 1 is 1.18 bits per heavy atom. The Bertz CT molecular complexity index is 339. The van der Waals surface area contributed by atoms with E-state index in [0.717, 1.165) is 5.69 Å². The van der Waals surface area contributed by atoms with Crippen LogP contribution in [0.1, 0.15) is 6.92 Å². The summed E-state index contributed by atoms with van der Waals surface area (Å²) in [4.78, 5) is 1.86. The summed E-state index contributed by atoms with van der Waals surface area (Å²) >= 11 is 0. The Kier molecular flexibility index (Phi) is 5.59. The van der Waals surface area contributed by atoms with E-state index >= 15 is 0 Å². The average molecular weight is 240 g/mol. The molecule has 0 amide bonds. The lowest BCUT2D eigenvalue weighted by Gasteiger charge is -2.23. The van der Waals surface area contributed by atoms with Crippen molar-refractivity contribution in [2.45, 2.75) is 6.92 Å². The molecule has 0 bridgehead atoms. The van der Waals surface area contributed by atoms with Crippen LogP contribution >= 0.6 is 0 Å². The van der Waals surface area contributed by atoms with Gasteiger partial charge in [0.1, 0.15) is 5.75 Å². The minimum absolute atomic E-state index is 0.0266. The molecule has 1 aromatic rings. The smallest absolute Gasteiger partial charge is 0.123 e. The SMILES string of the molecule is CCOc1cc(N)cc(N(CCO)CCO)c1. The van der Waals surface area contributed by atoms with Crippen molar-refractivity contribution in [3.63, 3.8) is 0 Å². The van der Waals surface area contributed by atoms with Crippen LogP contribution in [-0.2, 0) is 0 Å². The molecule has 1 aromatic carbocycles. The molecule has 0 heterocycles. The normalized spacial score (nSPS) is 10.3. The topological polar surface area (TPSA) is 79.0 Å². The number of rotatable bonds is 7. The van der Waals surface area contributed by atoms with Gasteiger partial charge in [0.25, 0.3) is 0 Å². The van der Waals surface area contributed by atoms with Gasteiger partial charge in [-0.15, -0.1) is 0 Å². The first kappa shape index (κ1) is 13.6. The molecular formula is C12H20N2O3. The van der Waals surface area contributed by atoms with Crippen LogP contribution in [0.15, 0.2) is 18.2 Å². The van der Waals surface area contributed by atoms with E-state index in [1.54, 1.807) is 12.1 Å². The van der Waals surface area contributed by atoms with E-state index in [-0.39, 0.29) is 13.2 Å². The molecule has 0 aromatic heterocycles. The van der Waals surface area contributed by atoms with E-state index in [1.165, 1.54) is 0 Å². The van der Waals surface area contributed by atoms with Gasteiger partial charge in [0, 0.05) is 36.6 Å². The molecular weight excluding hydrogens is 220 g/mol. The van der Waals surface area contributed by atoms with E-state index in [9.17, 15) is 0 Å². The zero-order chi connectivity index (χ0) is 12.7. The predicted molar refractivity (Wildman–Crippen MR) is 68.4 cm³/mol. The van der Waals surface area contributed by atoms with E-state index in [0.29, 0.717) is 31.1 Å². The predicted octanol–water partition coefficient (Wildman–Crippen LogP) is 0.458. The third-order valence-corrected chi connectivity index (χ3v) is 2.33. The fourth-order valence-electron chi connectivity index (χ4n) is 1.65. The van der Waals surface area contributed by atoms with Crippen LogP contribution in [0.25, 0.3) is 0 Å². The fraction of sp³-hybridized carbons (Fsp3) is 0.500. The number of hydrogen-bond donors (Lipinski definition) is 3. The summed E-state index contributed by atoms with van der Waals surface area (Å²) in [5.41, 5.74) is 7.24. The first-order chi connectivity index (χ1) is 8.21. The van der Waals surface area contributed by atoms with Crippen molar-refractivity contribution in [1.29, 1.82) is 0 Å². The number of hydrogen-bond acceptors (Lipinski definition) is 5. The molecule has 0 aliphatic heterocycles. The van der Waals surface area contributed by atoms with Crippen molar-refractivity contribution in [2.75, 3.05) is 43.5 Å². The molecule has 0 saturated carbocycles. The molecule has 1 rings (SSSR count). The lowest BCUT2D eigenvalue weighted by Crippen LogP contribution is -2.29. The fourth-order valence-corrected chi connectivity index (χ4v) is 1.65. The second kappa shape index (κ2) is 6.98. The highest BCUT2D eigenvalue weighted by Gasteiger charge is 2.08. The second-order valence-corrected chi connectivity index (χ2v) is 3.63. The first-order valence-corrected chi connectivity index (χ1v) is 5.71. The number of benzene rings is 1. The summed E-state index contributed by atoms with van der Waals surface area (Å²) in [6, 6.07) is 5.40.